The van der Waals surface area contributed by atoms with Crippen molar-refractivity contribution in [3.63, 3.8) is 0 Å². The smallest absolute Gasteiger partial charge is 0.155 e. The summed E-state index contributed by atoms with van der Waals surface area (Å²) >= 11 is 0. The van der Waals surface area contributed by atoms with Gasteiger partial charge in [0.1, 0.15) is 5.69 Å². The van der Waals surface area contributed by atoms with Crippen LogP contribution in [-0.4, -0.2) is 26.6 Å². The van der Waals surface area contributed by atoms with Crippen molar-refractivity contribution in [2.45, 2.75) is 20.5 Å². The second-order valence-electron chi connectivity index (χ2n) is 3.43. The van der Waals surface area contributed by atoms with E-state index in [-0.39, 0.29) is 0 Å². The zero-order chi connectivity index (χ0) is 11.4. The van der Waals surface area contributed by atoms with Crippen LogP contribution in [-0.2, 0) is 11.3 Å². The van der Waals surface area contributed by atoms with E-state index in [9.17, 15) is 0 Å². The summed E-state index contributed by atoms with van der Waals surface area (Å²) in [7, 11) is 0. The number of pyridine rings is 1. The van der Waals surface area contributed by atoms with E-state index in [1.807, 2.05) is 38.2 Å². The van der Waals surface area contributed by atoms with Gasteiger partial charge in [-0.2, -0.15) is 0 Å². The third-order valence-electron chi connectivity index (χ3n) is 2.10. The van der Waals surface area contributed by atoms with Crippen LogP contribution in [0.2, 0.25) is 0 Å². The van der Waals surface area contributed by atoms with Gasteiger partial charge in [0.15, 0.2) is 5.82 Å². The van der Waals surface area contributed by atoms with Crippen LogP contribution in [0.4, 0.5) is 0 Å². The molecule has 0 saturated carbocycles. The van der Waals surface area contributed by atoms with Crippen molar-refractivity contribution >= 4 is 0 Å². The Labute approximate surface area is 94.1 Å². The molecule has 0 aliphatic heterocycles. The number of hydrogen-bond acceptors (Lipinski definition) is 4. The number of nitrogens with zero attached hydrogens (tertiary/aromatic N) is 4. The molecule has 0 spiro atoms. The van der Waals surface area contributed by atoms with Gasteiger partial charge in [-0.05, 0) is 26.0 Å². The zero-order valence-electron chi connectivity index (χ0n) is 9.42. The molecule has 0 bridgehead atoms. The molecule has 16 heavy (non-hydrogen) atoms. The highest BCUT2D eigenvalue weighted by Gasteiger charge is 2.03. The summed E-state index contributed by atoms with van der Waals surface area (Å²) in [5.41, 5.74) is 1.77. The van der Waals surface area contributed by atoms with Crippen LogP contribution >= 0.6 is 0 Å². The third kappa shape index (κ3) is 2.43. The van der Waals surface area contributed by atoms with Crippen molar-refractivity contribution in [1.29, 1.82) is 0 Å². The number of aryl methyl sites for hydroxylation is 1. The number of rotatable bonds is 4. The average Bonchev–Trinajstić information content (AvgIpc) is 2.75. The van der Waals surface area contributed by atoms with Gasteiger partial charge in [0, 0.05) is 12.3 Å². The first-order valence-corrected chi connectivity index (χ1v) is 5.22. The Morgan fingerprint density at radius 1 is 1.38 bits per heavy atom. The van der Waals surface area contributed by atoms with E-state index < -0.39 is 0 Å². The molecule has 0 radical (unpaired) electrons. The van der Waals surface area contributed by atoms with E-state index in [1.54, 1.807) is 4.68 Å². The minimum Gasteiger partial charge on any atom is -0.375 e. The molecule has 84 valence electrons. The van der Waals surface area contributed by atoms with Crippen molar-refractivity contribution in [2.24, 2.45) is 0 Å². The van der Waals surface area contributed by atoms with Gasteiger partial charge in [-0.15, -0.1) is 5.10 Å². The highest BCUT2D eigenvalue weighted by Crippen LogP contribution is 2.05. The van der Waals surface area contributed by atoms with Crippen molar-refractivity contribution in [3.05, 3.63) is 35.8 Å². The maximum absolute atomic E-state index is 5.26. The normalized spacial score (nSPS) is 10.6. The molecule has 0 amide bonds. The molecule has 0 aromatic carbocycles. The largest absolute Gasteiger partial charge is 0.375 e. The standard InChI is InChI=1S/C11H14N4O/c1-3-16-8-10-7-15(14-13-10)11-6-4-5-9(2)12-11/h4-7H,3,8H2,1-2H3. The Balaban J connectivity index is 2.18. The van der Waals surface area contributed by atoms with Crippen LogP contribution in [0.1, 0.15) is 18.3 Å². The Bertz CT molecular complexity index is 467. The Kier molecular flexibility index (Phi) is 3.26. The zero-order valence-corrected chi connectivity index (χ0v) is 9.42. The SMILES string of the molecule is CCOCc1cn(-c2cccc(C)n2)nn1. The fraction of sp³-hybridized carbons (Fsp3) is 0.364. The molecule has 5 nitrogen and oxygen atoms in total. The van der Waals surface area contributed by atoms with Gasteiger partial charge < -0.3 is 4.74 Å². The van der Waals surface area contributed by atoms with Crippen molar-refractivity contribution in [1.82, 2.24) is 20.0 Å². The van der Waals surface area contributed by atoms with Crippen LogP contribution in [0.15, 0.2) is 24.4 Å². The van der Waals surface area contributed by atoms with Gasteiger partial charge in [-0.25, -0.2) is 9.67 Å². The summed E-state index contributed by atoms with van der Waals surface area (Å²) in [5.74, 6) is 0.773. The first-order valence-electron chi connectivity index (χ1n) is 5.22. The lowest BCUT2D eigenvalue weighted by Crippen LogP contribution is -1.98. The molecule has 2 heterocycles. The molecule has 2 aromatic heterocycles. The maximum Gasteiger partial charge on any atom is 0.155 e. The lowest BCUT2D eigenvalue weighted by atomic mass is 10.4. The van der Waals surface area contributed by atoms with Crippen LogP contribution in [0.5, 0.6) is 0 Å². The molecule has 0 N–H and O–H groups in total. The summed E-state index contributed by atoms with van der Waals surface area (Å²) in [4.78, 5) is 4.36. The Morgan fingerprint density at radius 3 is 3.00 bits per heavy atom. The molecule has 0 atom stereocenters. The highest BCUT2D eigenvalue weighted by molar-refractivity contribution is 5.23. The topological polar surface area (TPSA) is 52.8 Å². The monoisotopic (exact) mass is 218 g/mol. The molecule has 0 unspecified atom stereocenters. The molecule has 2 rings (SSSR count). The Morgan fingerprint density at radius 2 is 2.25 bits per heavy atom. The molecular formula is C11H14N4O. The van der Waals surface area contributed by atoms with Crippen molar-refractivity contribution in [3.8, 4) is 5.82 Å². The quantitative estimate of drug-likeness (QED) is 0.780. The Hall–Kier alpha value is -1.75. The first-order chi connectivity index (χ1) is 7.79. The van der Waals surface area contributed by atoms with E-state index >= 15 is 0 Å². The van der Waals surface area contributed by atoms with Gasteiger partial charge >= 0.3 is 0 Å². The predicted molar refractivity (Wildman–Crippen MR) is 59.2 cm³/mol. The van der Waals surface area contributed by atoms with Crippen LogP contribution in [0, 0.1) is 6.92 Å². The average molecular weight is 218 g/mol. The van der Waals surface area contributed by atoms with Crippen LogP contribution < -0.4 is 0 Å². The minimum absolute atomic E-state index is 0.488. The van der Waals surface area contributed by atoms with E-state index in [0.717, 1.165) is 17.2 Å². The fourth-order valence-electron chi connectivity index (χ4n) is 1.34. The van der Waals surface area contributed by atoms with Gasteiger partial charge in [0.25, 0.3) is 0 Å². The molecule has 0 aliphatic rings. The van der Waals surface area contributed by atoms with Gasteiger partial charge in [0.05, 0.1) is 12.8 Å². The first kappa shape index (κ1) is 10.8. The van der Waals surface area contributed by atoms with Gasteiger partial charge in [-0.1, -0.05) is 11.3 Å². The number of hydrogen-bond donors (Lipinski definition) is 0. The molecule has 0 aliphatic carbocycles. The third-order valence-corrected chi connectivity index (χ3v) is 2.10. The molecule has 0 fully saturated rings. The summed E-state index contributed by atoms with van der Waals surface area (Å²) < 4.78 is 6.91. The van der Waals surface area contributed by atoms with Crippen LogP contribution in [0.3, 0.4) is 0 Å². The van der Waals surface area contributed by atoms with E-state index in [2.05, 4.69) is 15.3 Å². The van der Waals surface area contributed by atoms with Gasteiger partial charge in [-0.3, -0.25) is 0 Å². The maximum atomic E-state index is 5.26. The predicted octanol–water partition coefficient (Wildman–Crippen LogP) is 1.51. The van der Waals surface area contributed by atoms with Crippen LogP contribution in [0.25, 0.3) is 5.82 Å². The second-order valence-corrected chi connectivity index (χ2v) is 3.43. The minimum atomic E-state index is 0.488. The number of aromatic nitrogens is 4. The van der Waals surface area contributed by atoms with Gasteiger partial charge in [0.2, 0.25) is 0 Å². The lowest BCUT2D eigenvalue weighted by molar-refractivity contribution is 0.131. The summed E-state index contributed by atoms with van der Waals surface area (Å²) in [6, 6.07) is 5.79. The molecule has 0 saturated heterocycles. The number of ether oxygens (including phenoxy) is 1. The van der Waals surface area contributed by atoms with Crippen molar-refractivity contribution < 1.29 is 4.74 Å². The second kappa shape index (κ2) is 4.85. The van der Waals surface area contributed by atoms with E-state index in [0.29, 0.717) is 13.2 Å². The molecule has 2 aromatic rings. The fourth-order valence-corrected chi connectivity index (χ4v) is 1.34. The summed E-state index contributed by atoms with van der Waals surface area (Å²) in [6.45, 7) is 5.06. The summed E-state index contributed by atoms with van der Waals surface area (Å²) in [5, 5.41) is 8.01. The van der Waals surface area contributed by atoms with Crippen molar-refractivity contribution in [2.75, 3.05) is 6.61 Å². The molecule has 5 heteroatoms. The van der Waals surface area contributed by atoms with E-state index in [1.165, 1.54) is 0 Å². The highest BCUT2D eigenvalue weighted by atomic mass is 16.5. The lowest BCUT2D eigenvalue weighted by Gasteiger charge is -1.99. The molecular weight excluding hydrogens is 204 g/mol. The summed E-state index contributed by atoms with van der Waals surface area (Å²) in [6.07, 6.45) is 1.83. The van der Waals surface area contributed by atoms with E-state index in [4.69, 9.17) is 4.74 Å².